The first-order valence-corrected chi connectivity index (χ1v) is 5.71. The third-order valence-corrected chi connectivity index (χ3v) is 3.06. The number of aromatic nitrogens is 3. The largest absolute Gasteiger partial charge is 0.477 e. The molecule has 0 unspecified atom stereocenters. The lowest BCUT2D eigenvalue weighted by molar-refractivity contribution is 0.0695. The van der Waals surface area contributed by atoms with E-state index in [1.807, 2.05) is 24.3 Å². The van der Waals surface area contributed by atoms with Gasteiger partial charge in [-0.25, -0.2) is 4.79 Å². The average Bonchev–Trinajstić information content (AvgIpc) is 2.91. The van der Waals surface area contributed by atoms with Gasteiger partial charge >= 0.3 is 5.97 Å². The second-order valence-corrected chi connectivity index (χ2v) is 4.26. The van der Waals surface area contributed by atoms with Gasteiger partial charge in [-0.05, 0) is 13.0 Å². The Labute approximate surface area is 108 Å². The summed E-state index contributed by atoms with van der Waals surface area (Å²) in [7, 11) is 1.80. The van der Waals surface area contributed by atoms with Crippen LogP contribution in [0, 0.1) is 6.92 Å². The van der Waals surface area contributed by atoms with E-state index in [-0.39, 0.29) is 17.0 Å². The van der Waals surface area contributed by atoms with Crippen molar-refractivity contribution in [2.24, 2.45) is 7.05 Å². The van der Waals surface area contributed by atoms with Gasteiger partial charge in [0.25, 0.3) is 0 Å². The van der Waals surface area contributed by atoms with E-state index in [0.29, 0.717) is 5.69 Å². The third-order valence-electron chi connectivity index (χ3n) is 3.06. The van der Waals surface area contributed by atoms with Gasteiger partial charge in [-0.1, -0.05) is 23.4 Å². The minimum Gasteiger partial charge on any atom is -0.477 e. The molecule has 0 aliphatic carbocycles. The minimum absolute atomic E-state index is 0.0591. The number of hydrogen-bond donors (Lipinski definition) is 1. The summed E-state index contributed by atoms with van der Waals surface area (Å²) in [6, 6.07) is 7.58. The van der Waals surface area contributed by atoms with Crippen LogP contribution in [-0.2, 0) is 7.05 Å². The van der Waals surface area contributed by atoms with Crippen LogP contribution < -0.4 is 0 Å². The van der Waals surface area contributed by atoms with Crippen LogP contribution in [0.2, 0.25) is 0 Å². The monoisotopic (exact) mass is 257 g/mol. The zero-order chi connectivity index (χ0) is 13.6. The van der Waals surface area contributed by atoms with E-state index in [4.69, 9.17) is 4.52 Å². The highest BCUT2D eigenvalue weighted by molar-refractivity contribution is 6.01. The Balaban J connectivity index is 2.34. The van der Waals surface area contributed by atoms with Gasteiger partial charge in [0.15, 0.2) is 0 Å². The van der Waals surface area contributed by atoms with Crippen LogP contribution in [0.5, 0.6) is 0 Å². The molecule has 96 valence electrons. The lowest BCUT2D eigenvalue weighted by atomic mass is 10.1. The summed E-state index contributed by atoms with van der Waals surface area (Å²) in [5.74, 6) is -0.791. The van der Waals surface area contributed by atoms with E-state index >= 15 is 0 Å². The molecule has 0 saturated carbocycles. The second kappa shape index (κ2) is 3.94. The number of nitrogens with zero attached hydrogens (tertiary/aromatic N) is 3. The van der Waals surface area contributed by atoms with Gasteiger partial charge in [0.1, 0.15) is 22.7 Å². The van der Waals surface area contributed by atoms with Crippen LogP contribution in [0.3, 0.4) is 0 Å². The number of para-hydroxylation sites is 1. The summed E-state index contributed by atoms with van der Waals surface area (Å²) in [5.41, 5.74) is 1.76. The maximum atomic E-state index is 11.3. The highest BCUT2D eigenvalue weighted by Crippen LogP contribution is 2.30. The summed E-state index contributed by atoms with van der Waals surface area (Å²) in [6.07, 6.45) is 0. The highest BCUT2D eigenvalue weighted by atomic mass is 16.5. The molecule has 0 spiro atoms. The molecule has 0 atom stereocenters. The number of carbonyl (C=O) groups is 1. The Bertz CT molecular complexity index is 786. The number of aryl methyl sites for hydroxylation is 2. The molecule has 3 rings (SSSR count). The number of carboxylic acid groups (broad SMARTS) is 1. The van der Waals surface area contributed by atoms with Gasteiger partial charge in [0.05, 0.1) is 5.52 Å². The van der Waals surface area contributed by atoms with E-state index in [1.54, 1.807) is 18.7 Å². The van der Waals surface area contributed by atoms with Crippen molar-refractivity contribution in [3.8, 4) is 11.4 Å². The van der Waals surface area contributed by atoms with Crippen molar-refractivity contribution in [3.05, 3.63) is 35.6 Å². The van der Waals surface area contributed by atoms with Gasteiger partial charge in [0.2, 0.25) is 0 Å². The summed E-state index contributed by atoms with van der Waals surface area (Å²) in [5, 5.41) is 18.3. The molecular weight excluding hydrogens is 246 g/mol. The lowest BCUT2D eigenvalue weighted by Crippen LogP contribution is -2.00. The molecule has 0 aliphatic rings. The van der Waals surface area contributed by atoms with Crippen LogP contribution in [-0.4, -0.2) is 26.0 Å². The van der Waals surface area contributed by atoms with Gasteiger partial charge in [-0.15, -0.1) is 0 Å². The van der Waals surface area contributed by atoms with Crippen molar-refractivity contribution < 1.29 is 14.4 Å². The highest BCUT2D eigenvalue weighted by Gasteiger charge is 2.24. The van der Waals surface area contributed by atoms with Crippen LogP contribution in [0.1, 0.15) is 16.1 Å². The lowest BCUT2D eigenvalue weighted by Gasteiger charge is -1.94. The van der Waals surface area contributed by atoms with Gasteiger partial charge in [0, 0.05) is 12.4 Å². The summed E-state index contributed by atoms with van der Waals surface area (Å²) >= 11 is 0. The van der Waals surface area contributed by atoms with Crippen LogP contribution in [0.4, 0.5) is 0 Å². The number of hydrogen-bond acceptors (Lipinski definition) is 4. The Hall–Kier alpha value is -2.63. The van der Waals surface area contributed by atoms with E-state index < -0.39 is 5.97 Å². The molecule has 3 aromatic rings. The fourth-order valence-corrected chi connectivity index (χ4v) is 2.17. The average molecular weight is 257 g/mol. The van der Waals surface area contributed by atoms with Crippen LogP contribution in [0.15, 0.2) is 28.8 Å². The van der Waals surface area contributed by atoms with Crippen LogP contribution >= 0.6 is 0 Å². The third kappa shape index (κ3) is 1.61. The molecule has 19 heavy (non-hydrogen) atoms. The van der Waals surface area contributed by atoms with Crippen molar-refractivity contribution >= 4 is 16.9 Å². The van der Waals surface area contributed by atoms with Crippen molar-refractivity contribution in [2.45, 2.75) is 6.92 Å². The number of rotatable bonds is 2. The van der Waals surface area contributed by atoms with Crippen molar-refractivity contribution in [2.75, 3.05) is 0 Å². The Morgan fingerprint density at radius 2 is 2.05 bits per heavy atom. The summed E-state index contributed by atoms with van der Waals surface area (Å²) < 4.78 is 6.68. The molecule has 1 aromatic carbocycles. The van der Waals surface area contributed by atoms with Gasteiger partial charge < -0.3 is 9.63 Å². The van der Waals surface area contributed by atoms with E-state index in [9.17, 15) is 9.90 Å². The molecule has 0 amide bonds. The quantitative estimate of drug-likeness (QED) is 0.761. The topological polar surface area (TPSA) is 81.2 Å². The Morgan fingerprint density at radius 1 is 1.32 bits per heavy atom. The van der Waals surface area contributed by atoms with Crippen molar-refractivity contribution in [3.63, 3.8) is 0 Å². The zero-order valence-electron chi connectivity index (χ0n) is 10.4. The predicted molar refractivity (Wildman–Crippen MR) is 67.9 cm³/mol. The minimum atomic E-state index is -1.07. The standard InChI is InChI=1S/C13H11N3O3/c1-7-10(13(17)18)12(15-19-7)11-8-5-3-4-6-9(8)16(2)14-11/h3-6H,1-2H3,(H,17,18). The van der Waals surface area contributed by atoms with E-state index in [0.717, 1.165) is 10.9 Å². The van der Waals surface area contributed by atoms with Gasteiger partial charge in [-0.2, -0.15) is 5.10 Å². The predicted octanol–water partition coefficient (Wildman–Crippen LogP) is 2.23. The molecule has 0 fully saturated rings. The van der Waals surface area contributed by atoms with E-state index in [2.05, 4.69) is 10.3 Å². The summed E-state index contributed by atoms with van der Waals surface area (Å²) in [4.78, 5) is 11.3. The van der Waals surface area contributed by atoms with Crippen molar-refractivity contribution in [1.29, 1.82) is 0 Å². The van der Waals surface area contributed by atoms with Gasteiger partial charge in [-0.3, -0.25) is 4.68 Å². The second-order valence-electron chi connectivity index (χ2n) is 4.26. The molecule has 0 bridgehead atoms. The molecule has 0 aliphatic heterocycles. The van der Waals surface area contributed by atoms with Crippen LogP contribution in [0.25, 0.3) is 22.3 Å². The summed E-state index contributed by atoms with van der Waals surface area (Å²) in [6.45, 7) is 1.57. The molecule has 0 radical (unpaired) electrons. The SMILES string of the molecule is Cc1onc(-c2nn(C)c3ccccc23)c1C(=O)O. The molecule has 2 aromatic heterocycles. The number of aromatic carboxylic acids is 1. The normalized spacial score (nSPS) is 11.1. The first-order chi connectivity index (χ1) is 9.09. The number of fused-ring (bicyclic) bond motifs is 1. The maximum absolute atomic E-state index is 11.3. The Kier molecular flexibility index (Phi) is 2.38. The molecule has 0 saturated heterocycles. The Morgan fingerprint density at radius 3 is 2.79 bits per heavy atom. The first-order valence-electron chi connectivity index (χ1n) is 5.71. The zero-order valence-corrected chi connectivity index (χ0v) is 10.4. The van der Waals surface area contributed by atoms with E-state index in [1.165, 1.54) is 0 Å². The maximum Gasteiger partial charge on any atom is 0.341 e. The molecular formula is C13H11N3O3. The smallest absolute Gasteiger partial charge is 0.341 e. The number of carboxylic acids is 1. The molecule has 6 heteroatoms. The number of benzene rings is 1. The first kappa shape index (κ1) is 11.5. The molecule has 6 nitrogen and oxygen atoms in total. The molecule has 2 heterocycles. The molecule has 1 N–H and O–H groups in total. The fraction of sp³-hybridized carbons (Fsp3) is 0.154. The van der Waals surface area contributed by atoms with Crippen molar-refractivity contribution in [1.82, 2.24) is 14.9 Å². The fourth-order valence-electron chi connectivity index (χ4n) is 2.17.